The summed E-state index contributed by atoms with van der Waals surface area (Å²) in [5, 5.41) is 4.02. The Bertz CT molecular complexity index is 3120. The molecule has 0 N–H and O–H groups in total. The largest absolute Gasteiger partial charge is 0.455 e. The van der Waals surface area contributed by atoms with Crippen LogP contribution >= 0.6 is 0 Å². The molecule has 7 aromatic carbocycles. The van der Waals surface area contributed by atoms with Gasteiger partial charge in [0.1, 0.15) is 11.0 Å². The van der Waals surface area contributed by atoms with E-state index in [1.807, 2.05) is 37.3 Å². The fourth-order valence-electron chi connectivity index (χ4n) is 7.82. The smallest absolute Gasteiger partial charge is 0.167 e. The van der Waals surface area contributed by atoms with Gasteiger partial charge in [0.2, 0.25) is 0 Å². The van der Waals surface area contributed by atoms with Crippen molar-refractivity contribution < 1.29 is 4.42 Å². The molecule has 5 nitrogen and oxygen atoms in total. The first-order valence-corrected chi connectivity index (χ1v) is 19.1. The zero-order valence-electron chi connectivity index (χ0n) is 31.3. The van der Waals surface area contributed by atoms with Crippen LogP contribution in [-0.4, -0.2) is 19.5 Å². The molecule has 3 heterocycles. The van der Waals surface area contributed by atoms with E-state index >= 15 is 0 Å². The molecule has 3 aromatic heterocycles. The number of allylic oxidation sites excluding steroid dienone is 2. The molecule has 0 amide bonds. The van der Waals surface area contributed by atoms with Gasteiger partial charge in [-0.3, -0.25) is 0 Å². The van der Waals surface area contributed by atoms with Gasteiger partial charge < -0.3 is 8.98 Å². The summed E-state index contributed by atoms with van der Waals surface area (Å²) < 4.78 is 9.13. The van der Waals surface area contributed by atoms with Crippen LogP contribution in [0.3, 0.4) is 0 Å². The standard InChI is InChI=1S/C52H36N4O/c1-3-15-44(49-34(2)47-46(57-49)33-32-43-42-22-13-14-23-45(42)56(48(43)47)41-20-11-6-12-21-41)52-54-50(39-28-24-37(25-29-39)35-16-7-4-8-17-35)53-51(55-52)40-30-26-38(27-31-40)36-18-9-5-10-19-36/h3-33H,2H2,1H3/b15-3-,49-44-. The van der Waals surface area contributed by atoms with Gasteiger partial charge in [-0.05, 0) is 59.5 Å². The topological polar surface area (TPSA) is 56.7 Å². The number of furan rings is 1. The second-order valence-corrected chi connectivity index (χ2v) is 14.0. The van der Waals surface area contributed by atoms with Crippen LogP contribution in [0.1, 0.15) is 12.7 Å². The Labute approximate surface area is 329 Å². The summed E-state index contributed by atoms with van der Waals surface area (Å²) in [6, 6.07) is 60.7. The molecule has 57 heavy (non-hydrogen) atoms. The van der Waals surface area contributed by atoms with Crippen LogP contribution in [0.4, 0.5) is 0 Å². The van der Waals surface area contributed by atoms with Crippen molar-refractivity contribution in [2.45, 2.75) is 6.92 Å². The zero-order valence-corrected chi connectivity index (χ0v) is 31.3. The summed E-state index contributed by atoms with van der Waals surface area (Å²) >= 11 is 0. The van der Waals surface area contributed by atoms with Gasteiger partial charge in [0.25, 0.3) is 0 Å². The second-order valence-electron chi connectivity index (χ2n) is 14.0. The minimum Gasteiger partial charge on any atom is -0.455 e. The van der Waals surface area contributed by atoms with Crippen molar-refractivity contribution in [3.05, 3.63) is 205 Å². The van der Waals surface area contributed by atoms with Crippen LogP contribution in [0.15, 0.2) is 192 Å². The van der Waals surface area contributed by atoms with E-state index in [-0.39, 0.29) is 0 Å². The van der Waals surface area contributed by atoms with Gasteiger partial charge in [0, 0.05) is 32.8 Å². The number of para-hydroxylation sites is 2. The molecule has 0 bridgehead atoms. The SMILES string of the molecule is C=c1/c(=C(\C=C/C)c2nc(-c3ccc(-c4ccccc4)cc3)nc(-c3ccc(-c4ccccc4)cc3)n2)oc2ccc3c4ccccc4n(-c4ccccc4)c3c12. The molecule has 0 aliphatic heterocycles. The normalized spacial score (nSPS) is 12.2. The van der Waals surface area contributed by atoms with Crippen molar-refractivity contribution in [1.29, 1.82) is 0 Å². The number of benzene rings is 7. The summed E-state index contributed by atoms with van der Waals surface area (Å²) in [4.78, 5) is 15.4. The minimum atomic E-state index is 0.496. The van der Waals surface area contributed by atoms with Crippen LogP contribution in [0.2, 0.25) is 0 Å². The zero-order chi connectivity index (χ0) is 38.3. The predicted octanol–water partition coefficient (Wildman–Crippen LogP) is 11.6. The van der Waals surface area contributed by atoms with Crippen LogP contribution in [-0.2, 0) is 0 Å². The summed E-state index contributed by atoms with van der Waals surface area (Å²) in [7, 11) is 0. The average molecular weight is 733 g/mol. The first-order valence-electron chi connectivity index (χ1n) is 19.1. The highest BCUT2D eigenvalue weighted by atomic mass is 16.3. The summed E-state index contributed by atoms with van der Waals surface area (Å²) in [5.41, 5.74) is 11.6. The first-order chi connectivity index (χ1) is 28.1. The van der Waals surface area contributed by atoms with Crippen molar-refractivity contribution >= 4 is 44.9 Å². The molecule has 0 saturated carbocycles. The molecule has 0 radical (unpaired) electrons. The van der Waals surface area contributed by atoms with Crippen LogP contribution in [0, 0.1) is 0 Å². The fourth-order valence-corrected chi connectivity index (χ4v) is 7.82. The van der Waals surface area contributed by atoms with Gasteiger partial charge in [-0.2, -0.15) is 0 Å². The van der Waals surface area contributed by atoms with E-state index in [0.717, 1.165) is 77.2 Å². The fraction of sp³-hybridized carbons (Fsp3) is 0.0192. The Morgan fingerprint density at radius 2 is 1.04 bits per heavy atom. The number of rotatable bonds is 7. The minimum absolute atomic E-state index is 0.496. The Balaban J connectivity index is 1.21. The van der Waals surface area contributed by atoms with Gasteiger partial charge in [-0.1, -0.05) is 164 Å². The quantitative estimate of drug-likeness (QED) is 0.164. The molecule has 0 spiro atoms. The van der Waals surface area contributed by atoms with Crippen molar-refractivity contribution in [2.75, 3.05) is 0 Å². The van der Waals surface area contributed by atoms with E-state index in [9.17, 15) is 0 Å². The molecular weight excluding hydrogens is 697 g/mol. The monoisotopic (exact) mass is 732 g/mol. The molecule has 0 fully saturated rings. The second kappa shape index (κ2) is 14.2. The molecule has 10 rings (SSSR count). The summed E-state index contributed by atoms with van der Waals surface area (Å²) in [6.45, 7) is 6.69. The molecule has 0 atom stereocenters. The van der Waals surface area contributed by atoms with E-state index in [1.54, 1.807) is 0 Å². The molecule has 270 valence electrons. The maximum atomic E-state index is 6.82. The van der Waals surface area contributed by atoms with Crippen LogP contribution < -0.4 is 10.6 Å². The van der Waals surface area contributed by atoms with E-state index < -0.39 is 0 Å². The highest BCUT2D eigenvalue weighted by molar-refractivity contribution is 6.18. The van der Waals surface area contributed by atoms with Gasteiger partial charge in [-0.25, -0.2) is 15.0 Å². The molecule has 0 unspecified atom stereocenters. The molecular formula is C52H36N4O. The molecule has 5 heteroatoms. The van der Waals surface area contributed by atoms with Crippen molar-refractivity contribution in [1.82, 2.24) is 19.5 Å². The number of nitrogens with zero attached hydrogens (tertiary/aromatic N) is 4. The predicted molar refractivity (Wildman–Crippen MR) is 234 cm³/mol. The van der Waals surface area contributed by atoms with E-state index in [1.165, 1.54) is 5.39 Å². The van der Waals surface area contributed by atoms with Gasteiger partial charge in [0.05, 0.1) is 22.0 Å². The molecule has 10 aromatic rings. The van der Waals surface area contributed by atoms with E-state index in [0.29, 0.717) is 22.9 Å². The lowest BCUT2D eigenvalue weighted by atomic mass is 10.0. The van der Waals surface area contributed by atoms with E-state index in [2.05, 4.69) is 162 Å². The van der Waals surface area contributed by atoms with Gasteiger partial charge >= 0.3 is 0 Å². The lowest BCUT2D eigenvalue weighted by Gasteiger charge is -2.10. The van der Waals surface area contributed by atoms with Gasteiger partial charge in [-0.15, -0.1) is 0 Å². The molecule has 0 saturated heterocycles. The average Bonchev–Trinajstić information content (AvgIpc) is 3.80. The van der Waals surface area contributed by atoms with Crippen molar-refractivity contribution in [3.63, 3.8) is 0 Å². The van der Waals surface area contributed by atoms with Crippen LogP contribution in [0.25, 0.3) is 95.6 Å². The number of aromatic nitrogens is 4. The molecule has 0 aliphatic carbocycles. The highest BCUT2D eigenvalue weighted by Gasteiger charge is 2.20. The Hall–Kier alpha value is -7.63. The van der Waals surface area contributed by atoms with E-state index in [4.69, 9.17) is 25.9 Å². The van der Waals surface area contributed by atoms with Crippen molar-refractivity contribution in [2.24, 2.45) is 0 Å². The molecule has 0 aliphatic rings. The Kier molecular flexibility index (Phi) is 8.46. The lowest BCUT2D eigenvalue weighted by molar-refractivity contribution is 0.573. The number of fused-ring (bicyclic) bond motifs is 5. The third-order valence-electron chi connectivity index (χ3n) is 10.6. The maximum absolute atomic E-state index is 6.82. The Morgan fingerprint density at radius 1 is 0.526 bits per heavy atom. The number of hydrogen-bond acceptors (Lipinski definition) is 4. The third-order valence-corrected chi connectivity index (χ3v) is 10.6. The highest BCUT2D eigenvalue weighted by Crippen LogP contribution is 2.35. The maximum Gasteiger partial charge on any atom is 0.167 e. The van der Waals surface area contributed by atoms with Crippen LogP contribution in [0.5, 0.6) is 0 Å². The summed E-state index contributed by atoms with van der Waals surface area (Å²) in [6.07, 6.45) is 4.00. The van der Waals surface area contributed by atoms with Crippen molar-refractivity contribution in [3.8, 4) is 50.7 Å². The summed E-state index contributed by atoms with van der Waals surface area (Å²) in [5.74, 6) is 1.63. The first kappa shape index (κ1) is 33.9. The third kappa shape index (κ3) is 6.03. The lowest BCUT2D eigenvalue weighted by Crippen LogP contribution is -2.23. The Morgan fingerprint density at radius 3 is 1.61 bits per heavy atom. The van der Waals surface area contributed by atoms with Gasteiger partial charge in [0.15, 0.2) is 17.5 Å². The number of hydrogen-bond donors (Lipinski definition) is 0.